The van der Waals surface area contributed by atoms with Gasteiger partial charge in [0.1, 0.15) is 0 Å². The standard InChI is InChI=1S/C14H9F4N3O/c15-12-6-10(7-19-13(12)22-8-14(16,17)18)9-2-4-21-11(5-9)1-3-20-21/h1-7H,8H2. The SMILES string of the molecule is Fc1cc(-c2ccn3nccc3c2)cnc1OCC(F)(F)F. The van der Waals surface area contributed by atoms with Crippen molar-refractivity contribution in [3.8, 4) is 17.0 Å². The number of fused-ring (bicyclic) bond motifs is 1. The number of hydrogen-bond acceptors (Lipinski definition) is 3. The Bertz CT molecular complexity index is 813. The summed E-state index contributed by atoms with van der Waals surface area (Å²) in [5.74, 6) is -1.62. The van der Waals surface area contributed by atoms with Crippen molar-refractivity contribution < 1.29 is 22.3 Å². The zero-order valence-corrected chi connectivity index (χ0v) is 11.0. The van der Waals surface area contributed by atoms with E-state index in [4.69, 9.17) is 0 Å². The van der Waals surface area contributed by atoms with Gasteiger partial charge in [0.05, 0.1) is 5.52 Å². The first-order valence-corrected chi connectivity index (χ1v) is 6.21. The minimum absolute atomic E-state index is 0.431. The Morgan fingerprint density at radius 1 is 1.14 bits per heavy atom. The Morgan fingerprint density at radius 2 is 1.95 bits per heavy atom. The summed E-state index contributed by atoms with van der Waals surface area (Å²) in [5, 5.41) is 4.03. The van der Waals surface area contributed by atoms with E-state index in [1.54, 1.807) is 35.1 Å². The highest BCUT2D eigenvalue weighted by atomic mass is 19.4. The fraction of sp³-hybridized carbons (Fsp3) is 0.143. The lowest BCUT2D eigenvalue weighted by Gasteiger charge is -2.10. The molecule has 0 radical (unpaired) electrons. The molecule has 0 spiro atoms. The number of nitrogens with zero attached hydrogens (tertiary/aromatic N) is 3. The number of rotatable bonds is 3. The van der Waals surface area contributed by atoms with Crippen molar-refractivity contribution in [2.24, 2.45) is 0 Å². The van der Waals surface area contributed by atoms with Gasteiger partial charge in [0.2, 0.25) is 0 Å². The zero-order valence-electron chi connectivity index (χ0n) is 11.0. The third-order valence-corrected chi connectivity index (χ3v) is 2.91. The van der Waals surface area contributed by atoms with Gasteiger partial charge in [0.25, 0.3) is 5.88 Å². The van der Waals surface area contributed by atoms with E-state index in [-0.39, 0.29) is 0 Å². The van der Waals surface area contributed by atoms with Crippen LogP contribution in [0.1, 0.15) is 0 Å². The number of aromatic nitrogens is 3. The van der Waals surface area contributed by atoms with Gasteiger partial charge >= 0.3 is 6.18 Å². The van der Waals surface area contributed by atoms with Crippen LogP contribution in [0.3, 0.4) is 0 Å². The van der Waals surface area contributed by atoms with Gasteiger partial charge in [-0.05, 0) is 29.8 Å². The molecule has 0 N–H and O–H groups in total. The van der Waals surface area contributed by atoms with Gasteiger partial charge in [-0.15, -0.1) is 0 Å². The van der Waals surface area contributed by atoms with E-state index in [0.717, 1.165) is 11.6 Å². The molecular formula is C14H9F4N3O. The molecule has 0 amide bonds. The molecule has 0 aliphatic rings. The molecule has 4 nitrogen and oxygen atoms in total. The van der Waals surface area contributed by atoms with E-state index in [0.29, 0.717) is 11.1 Å². The highest BCUT2D eigenvalue weighted by Gasteiger charge is 2.29. The van der Waals surface area contributed by atoms with Crippen molar-refractivity contribution in [1.29, 1.82) is 0 Å². The van der Waals surface area contributed by atoms with Gasteiger partial charge in [0.15, 0.2) is 12.4 Å². The Morgan fingerprint density at radius 3 is 2.68 bits per heavy atom. The molecule has 0 fully saturated rings. The maximum atomic E-state index is 13.8. The quantitative estimate of drug-likeness (QED) is 0.695. The molecule has 0 saturated carbocycles. The van der Waals surface area contributed by atoms with Crippen molar-refractivity contribution >= 4 is 5.52 Å². The van der Waals surface area contributed by atoms with Gasteiger partial charge < -0.3 is 4.74 Å². The van der Waals surface area contributed by atoms with Crippen molar-refractivity contribution in [3.05, 3.63) is 48.7 Å². The van der Waals surface area contributed by atoms with Crippen LogP contribution in [0.5, 0.6) is 5.88 Å². The largest absolute Gasteiger partial charge is 0.466 e. The van der Waals surface area contributed by atoms with E-state index in [9.17, 15) is 17.6 Å². The minimum atomic E-state index is -4.54. The van der Waals surface area contributed by atoms with Gasteiger partial charge in [-0.25, -0.2) is 13.9 Å². The molecule has 114 valence electrons. The Kier molecular flexibility index (Phi) is 3.44. The molecular weight excluding hydrogens is 302 g/mol. The molecule has 0 unspecified atom stereocenters. The average molecular weight is 311 g/mol. The molecule has 0 saturated heterocycles. The van der Waals surface area contributed by atoms with Gasteiger partial charge in [0, 0.05) is 24.2 Å². The van der Waals surface area contributed by atoms with Crippen LogP contribution in [-0.2, 0) is 0 Å². The lowest BCUT2D eigenvalue weighted by molar-refractivity contribution is -0.154. The number of halogens is 4. The summed E-state index contributed by atoms with van der Waals surface area (Å²) in [7, 11) is 0. The molecule has 22 heavy (non-hydrogen) atoms. The van der Waals surface area contributed by atoms with Gasteiger partial charge in [-0.2, -0.15) is 18.3 Å². The molecule has 0 atom stereocenters. The maximum Gasteiger partial charge on any atom is 0.422 e. The van der Waals surface area contributed by atoms with Crippen molar-refractivity contribution in [2.75, 3.05) is 6.61 Å². The Labute approximate surface area is 122 Å². The van der Waals surface area contributed by atoms with E-state index in [2.05, 4.69) is 14.8 Å². The fourth-order valence-corrected chi connectivity index (χ4v) is 1.94. The second kappa shape index (κ2) is 5.28. The molecule has 0 aliphatic carbocycles. The highest BCUT2D eigenvalue weighted by molar-refractivity contribution is 5.68. The third kappa shape index (κ3) is 3.00. The maximum absolute atomic E-state index is 13.8. The normalized spacial score (nSPS) is 11.8. The molecule has 3 heterocycles. The monoisotopic (exact) mass is 311 g/mol. The van der Waals surface area contributed by atoms with Crippen LogP contribution in [0, 0.1) is 5.82 Å². The van der Waals surface area contributed by atoms with E-state index in [1.807, 2.05) is 0 Å². The number of ether oxygens (including phenoxy) is 1. The van der Waals surface area contributed by atoms with Crippen molar-refractivity contribution in [2.45, 2.75) is 6.18 Å². The first-order chi connectivity index (χ1) is 10.4. The third-order valence-electron chi connectivity index (χ3n) is 2.91. The molecule has 8 heteroatoms. The fourth-order valence-electron chi connectivity index (χ4n) is 1.94. The van der Waals surface area contributed by atoms with Crippen molar-refractivity contribution in [1.82, 2.24) is 14.6 Å². The van der Waals surface area contributed by atoms with E-state index >= 15 is 0 Å². The second-order valence-electron chi connectivity index (χ2n) is 4.53. The summed E-state index contributed by atoms with van der Waals surface area (Å²) in [6, 6.07) is 6.32. The minimum Gasteiger partial charge on any atom is -0.466 e. The van der Waals surface area contributed by atoms with E-state index < -0.39 is 24.5 Å². The number of alkyl halides is 3. The summed E-state index contributed by atoms with van der Waals surface area (Å²) >= 11 is 0. The van der Waals surface area contributed by atoms with Crippen molar-refractivity contribution in [3.63, 3.8) is 0 Å². The summed E-state index contributed by atoms with van der Waals surface area (Å²) in [6.45, 7) is -1.59. The lowest BCUT2D eigenvalue weighted by atomic mass is 10.1. The van der Waals surface area contributed by atoms with Gasteiger partial charge in [-0.1, -0.05) is 0 Å². The summed E-state index contributed by atoms with van der Waals surface area (Å²) in [4.78, 5) is 3.61. The average Bonchev–Trinajstić information content (AvgIpc) is 2.92. The van der Waals surface area contributed by atoms with Crippen LogP contribution < -0.4 is 4.74 Å². The predicted octanol–water partition coefficient (Wildman–Crippen LogP) is 3.48. The summed E-state index contributed by atoms with van der Waals surface area (Å²) < 4.78 is 55.9. The topological polar surface area (TPSA) is 39.4 Å². The molecule has 3 aromatic heterocycles. The summed E-state index contributed by atoms with van der Waals surface area (Å²) in [6.07, 6.45) is 0.0273. The predicted molar refractivity (Wildman–Crippen MR) is 69.9 cm³/mol. The molecule has 3 aromatic rings. The molecule has 0 aromatic carbocycles. The second-order valence-corrected chi connectivity index (χ2v) is 4.53. The Hall–Kier alpha value is -2.64. The van der Waals surface area contributed by atoms with Crippen LogP contribution in [0.4, 0.5) is 17.6 Å². The first-order valence-electron chi connectivity index (χ1n) is 6.21. The number of hydrogen-bond donors (Lipinski definition) is 0. The van der Waals surface area contributed by atoms with Gasteiger partial charge in [-0.3, -0.25) is 0 Å². The summed E-state index contributed by atoms with van der Waals surface area (Å²) in [5.41, 5.74) is 1.90. The van der Waals surface area contributed by atoms with Crippen LogP contribution in [0.15, 0.2) is 42.9 Å². The lowest BCUT2D eigenvalue weighted by Crippen LogP contribution is -2.20. The smallest absolute Gasteiger partial charge is 0.422 e. The highest BCUT2D eigenvalue weighted by Crippen LogP contribution is 2.25. The van der Waals surface area contributed by atoms with Crippen LogP contribution in [0.2, 0.25) is 0 Å². The first kappa shape index (κ1) is 14.3. The zero-order chi connectivity index (χ0) is 15.7. The van der Waals surface area contributed by atoms with Crippen LogP contribution in [-0.4, -0.2) is 27.4 Å². The van der Waals surface area contributed by atoms with Crippen LogP contribution in [0.25, 0.3) is 16.6 Å². The molecule has 3 rings (SSSR count). The van der Waals surface area contributed by atoms with E-state index in [1.165, 1.54) is 6.20 Å². The number of pyridine rings is 2. The molecule has 0 aliphatic heterocycles. The molecule has 0 bridgehead atoms. The van der Waals surface area contributed by atoms with Crippen LogP contribution >= 0.6 is 0 Å². The Balaban J connectivity index is 1.87.